The van der Waals surface area contributed by atoms with Crippen LogP contribution in [0.4, 0.5) is 0 Å². The van der Waals surface area contributed by atoms with E-state index in [0.29, 0.717) is 18.9 Å². The van der Waals surface area contributed by atoms with E-state index in [2.05, 4.69) is 13.8 Å². The van der Waals surface area contributed by atoms with Gasteiger partial charge in [0.25, 0.3) is 0 Å². The Balaban J connectivity index is 3.65. The van der Waals surface area contributed by atoms with E-state index < -0.39 is 0 Å². The van der Waals surface area contributed by atoms with Crippen molar-refractivity contribution in [1.82, 2.24) is 0 Å². The first-order valence-corrected chi connectivity index (χ1v) is 6.01. The van der Waals surface area contributed by atoms with Crippen molar-refractivity contribution in [3.05, 3.63) is 0 Å². The van der Waals surface area contributed by atoms with Gasteiger partial charge in [-0.1, -0.05) is 33.1 Å². The molecule has 2 N–H and O–H groups in total. The summed E-state index contributed by atoms with van der Waals surface area (Å²) < 4.78 is 5.18. The van der Waals surface area contributed by atoms with Crippen molar-refractivity contribution in [2.45, 2.75) is 58.9 Å². The van der Waals surface area contributed by atoms with Gasteiger partial charge in [0.05, 0.1) is 13.0 Å². The number of carbonyl (C=O) groups is 1. The zero-order chi connectivity index (χ0) is 11.7. The summed E-state index contributed by atoms with van der Waals surface area (Å²) in [5.74, 6) is 0.349. The normalized spacial score (nSPS) is 14.7. The van der Waals surface area contributed by atoms with E-state index in [9.17, 15) is 4.79 Å². The Bertz CT molecular complexity index is 169. The molecule has 15 heavy (non-hydrogen) atoms. The van der Waals surface area contributed by atoms with Crippen LogP contribution in [0.3, 0.4) is 0 Å². The predicted molar refractivity (Wildman–Crippen MR) is 62.5 cm³/mol. The minimum Gasteiger partial charge on any atom is -0.465 e. The van der Waals surface area contributed by atoms with E-state index in [1.807, 2.05) is 6.92 Å². The Morgan fingerprint density at radius 1 is 1.40 bits per heavy atom. The number of carbonyl (C=O) groups excluding carboxylic acids is 1. The lowest BCUT2D eigenvalue weighted by atomic mass is 10.0. The van der Waals surface area contributed by atoms with E-state index in [-0.39, 0.29) is 12.0 Å². The van der Waals surface area contributed by atoms with Crippen molar-refractivity contribution in [2.24, 2.45) is 11.7 Å². The molecule has 0 rings (SSSR count). The third-order valence-corrected chi connectivity index (χ3v) is 2.51. The monoisotopic (exact) mass is 215 g/mol. The third kappa shape index (κ3) is 8.43. The lowest BCUT2D eigenvalue weighted by Gasteiger charge is -2.15. The van der Waals surface area contributed by atoms with Crippen LogP contribution in [0.2, 0.25) is 0 Å². The lowest BCUT2D eigenvalue weighted by Crippen LogP contribution is -2.22. The molecular formula is C12H25NO2. The first-order chi connectivity index (χ1) is 7.10. The maximum Gasteiger partial charge on any atom is 0.307 e. The minimum atomic E-state index is -0.167. The van der Waals surface area contributed by atoms with Gasteiger partial charge in [0, 0.05) is 6.04 Å². The fourth-order valence-electron chi connectivity index (χ4n) is 1.43. The van der Waals surface area contributed by atoms with E-state index in [1.165, 1.54) is 12.8 Å². The molecule has 2 atom stereocenters. The largest absolute Gasteiger partial charge is 0.465 e. The van der Waals surface area contributed by atoms with Crippen LogP contribution in [0.1, 0.15) is 52.9 Å². The van der Waals surface area contributed by atoms with Crippen LogP contribution >= 0.6 is 0 Å². The summed E-state index contributed by atoms with van der Waals surface area (Å²) in [4.78, 5) is 11.2. The Hall–Kier alpha value is -0.570. The smallest absolute Gasteiger partial charge is 0.307 e. The Morgan fingerprint density at radius 3 is 2.53 bits per heavy atom. The number of ether oxygens (including phenoxy) is 1. The van der Waals surface area contributed by atoms with Gasteiger partial charge in [0.15, 0.2) is 0 Å². The van der Waals surface area contributed by atoms with Crippen molar-refractivity contribution in [2.75, 3.05) is 6.61 Å². The van der Waals surface area contributed by atoms with Crippen molar-refractivity contribution in [3.8, 4) is 0 Å². The first-order valence-electron chi connectivity index (χ1n) is 6.01. The summed E-state index contributed by atoms with van der Waals surface area (Å²) in [5.41, 5.74) is 5.51. The SMILES string of the molecule is CCCCC(CC)COC(=O)CC(C)N. The topological polar surface area (TPSA) is 52.3 Å². The zero-order valence-corrected chi connectivity index (χ0v) is 10.3. The zero-order valence-electron chi connectivity index (χ0n) is 10.3. The molecular weight excluding hydrogens is 190 g/mol. The molecule has 0 bridgehead atoms. The molecule has 0 aromatic rings. The molecule has 0 aromatic carbocycles. The highest BCUT2D eigenvalue weighted by Gasteiger charge is 2.11. The van der Waals surface area contributed by atoms with E-state index in [0.717, 1.165) is 12.8 Å². The molecule has 0 heterocycles. The van der Waals surface area contributed by atoms with E-state index in [1.54, 1.807) is 0 Å². The molecule has 0 saturated heterocycles. The van der Waals surface area contributed by atoms with Crippen LogP contribution < -0.4 is 5.73 Å². The van der Waals surface area contributed by atoms with Crippen LogP contribution in [0.25, 0.3) is 0 Å². The number of hydrogen-bond acceptors (Lipinski definition) is 3. The lowest BCUT2D eigenvalue weighted by molar-refractivity contribution is -0.145. The Labute approximate surface area is 93.4 Å². The summed E-state index contributed by atoms with van der Waals surface area (Å²) in [6.07, 6.45) is 4.96. The number of nitrogens with two attached hydrogens (primary N) is 1. The van der Waals surface area contributed by atoms with Crippen LogP contribution in [0.15, 0.2) is 0 Å². The molecule has 0 aliphatic rings. The van der Waals surface area contributed by atoms with Gasteiger partial charge in [0.1, 0.15) is 0 Å². The van der Waals surface area contributed by atoms with Gasteiger partial charge in [-0.15, -0.1) is 0 Å². The van der Waals surface area contributed by atoms with Crippen molar-refractivity contribution in [3.63, 3.8) is 0 Å². The highest BCUT2D eigenvalue weighted by Crippen LogP contribution is 2.13. The quantitative estimate of drug-likeness (QED) is 0.633. The van der Waals surface area contributed by atoms with E-state index >= 15 is 0 Å². The van der Waals surface area contributed by atoms with E-state index in [4.69, 9.17) is 10.5 Å². The standard InChI is InChI=1S/C12H25NO2/c1-4-6-7-11(5-2)9-15-12(14)8-10(3)13/h10-11H,4-9,13H2,1-3H3. The molecule has 3 heteroatoms. The molecule has 0 saturated carbocycles. The highest BCUT2D eigenvalue weighted by atomic mass is 16.5. The van der Waals surface area contributed by atoms with Gasteiger partial charge >= 0.3 is 5.97 Å². The van der Waals surface area contributed by atoms with Crippen LogP contribution in [0.5, 0.6) is 0 Å². The van der Waals surface area contributed by atoms with Crippen molar-refractivity contribution in [1.29, 1.82) is 0 Å². The summed E-state index contributed by atoms with van der Waals surface area (Å²) in [7, 11) is 0. The minimum absolute atomic E-state index is 0.104. The fraction of sp³-hybridized carbons (Fsp3) is 0.917. The number of esters is 1. The summed E-state index contributed by atoms with van der Waals surface area (Å²) >= 11 is 0. The summed E-state index contributed by atoms with van der Waals surface area (Å²) in [6, 6.07) is -0.104. The summed E-state index contributed by atoms with van der Waals surface area (Å²) in [5, 5.41) is 0. The second kappa shape index (κ2) is 8.72. The second-order valence-electron chi connectivity index (χ2n) is 4.28. The number of hydrogen-bond donors (Lipinski definition) is 1. The van der Waals surface area contributed by atoms with Gasteiger partial charge in [-0.3, -0.25) is 4.79 Å². The van der Waals surface area contributed by atoms with Gasteiger partial charge in [-0.05, 0) is 19.3 Å². The Kier molecular flexibility index (Phi) is 8.38. The van der Waals surface area contributed by atoms with Crippen LogP contribution in [-0.2, 0) is 9.53 Å². The van der Waals surface area contributed by atoms with Crippen LogP contribution in [-0.4, -0.2) is 18.6 Å². The highest BCUT2D eigenvalue weighted by molar-refractivity contribution is 5.69. The molecule has 3 nitrogen and oxygen atoms in total. The average Bonchev–Trinajstić information content (AvgIpc) is 2.17. The first kappa shape index (κ1) is 14.4. The molecule has 90 valence electrons. The molecule has 0 spiro atoms. The Morgan fingerprint density at radius 2 is 2.07 bits per heavy atom. The average molecular weight is 215 g/mol. The number of unbranched alkanes of at least 4 members (excludes halogenated alkanes) is 1. The molecule has 0 radical (unpaired) electrons. The summed E-state index contributed by atoms with van der Waals surface area (Å²) in [6.45, 7) is 6.69. The number of rotatable bonds is 8. The molecule has 0 aromatic heterocycles. The molecule has 0 amide bonds. The predicted octanol–water partition coefficient (Wildman–Crippen LogP) is 2.48. The molecule has 0 aliphatic carbocycles. The van der Waals surface area contributed by atoms with Gasteiger partial charge < -0.3 is 10.5 Å². The van der Waals surface area contributed by atoms with Gasteiger partial charge in [0.2, 0.25) is 0 Å². The van der Waals surface area contributed by atoms with Crippen molar-refractivity contribution >= 4 is 5.97 Å². The van der Waals surface area contributed by atoms with Gasteiger partial charge in [-0.2, -0.15) is 0 Å². The molecule has 0 fully saturated rings. The van der Waals surface area contributed by atoms with Crippen LogP contribution in [0, 0.1) is 5.92 Å². The molecule has 2 unspecified atom stereocenters. The van der Waals surface area contributed by atoms with Gasteiger partial charge in [-0.25, -0.2) is 0 Å². The second-order valence-corrected chi connectivity index (χ2v) is 4.28. The van der Waals surface area contributed by atoms with Crippen molar-refractivity contribution < 1.29 is 9.53 Å². The fourth-order valence-corrected chi connectivity index (χ4v) is 1.43. The third-order valence-electron chi connectivity index (χ3n) is 2.51. The molecule has 0 aliphatic heterocycles. The maximum atomic E-state index is 11.2. The maximum absolute atomic E-state index is 11.2.